The Hall–Kier alpha value is -1.29. The third kappa shape index (κ3) is 5.37. The lowest BCUT2D eigenvalue weighted by atomic mass is 10.2. The summed E-state index contributed by atoms with van der Waals surface area (Å²) in [5.74, 6) is 0.0333. The Labute approximate surface area is 89.6 Å². The Morgan fingerprint density at radius 3 is 2.71 bits per heavy atom. The highest BCUT2D eigenvalue weighted by molar-refractivity contribution is 7.80. The molecule has 14 heavy (non-hydrogen) atoms. The van der Waals surface area contributed by atoms with Crippen LogP contribution in [0.2, 0.25) is 0 Å². The molecule has 76 valence electrons. The van der Waals surface area contributed by atoms with Crippen LogP contribution in [0, 0.1) is 0 Å². The quantitative estimate of drug-likeness (QED) is 0.322. The number of aliphatic imine (C=N–C) groups is 1. The molecule has 0 atom stereocenters. The Bertz CT molecular complexity index is 292. The molecule has 3 nitrogen and oxygen atoms in total. The van der Waals surface area contributed by atoms with E-state index in [1.54, 1.807) is 25.4 Å². The van der Waals surface area contributed by atoms with E-state index in [0.29, 0.717) is 4.99 Å². The fraction of sp³-hybridized carbons (Fsp3) is 0.300. The van der Waals surface area contributed by atoms with Crippen molar-refractivity contribution in [2.75, 3.05) is 13.6 Å². The predicted octanol–water partition coefficient (Wildman–Crippen LogP) is 1.31. The van der Waals surface area contributed by atoms with Crippen LogP contribution in [0.25, 0.3) is 0 Å². The zero-order valence-electron chi connectivity index (χ0n) is 8.41. The molecule has 0 saturated carbocycles. The van der Waals surface area contributed by atoms with Crippen molar-refractivity contribution in [3.05, 3.63) is 24.3 Å². The highest BCUT2D eigenvalue weighted by Gasteiger charge is 1.95. The van der Waals surface area contributed by atoms with Crippen LogP contribution >= 0.6 is 12.2 Å². The molecule has 0 heterocycles. The first-order valence-electron chi connectivity index (χ1n) is 4.16. The number of ketones is 1. The summed E-state index contributed by atoms with van der Waals surface area (Å²) in [6, 6.07) is 0. The van der Waals surface area contributed by atoms with Gasteiger partial charge in [-0.15, -0.1) is 0 Å². The molecule has 0 aliphatic rings. The van der Waals surface area contributed by atoms with Gasteiger partial charge in [0.05, 0.1) is 6.54 Å². The SMILES string of the molecule is C=C/C(=C\C=NCC(C)=O)C(=S)NC. The molecule has 0 aromatic heterocycles. The number of hydrogen-bond acceptors (Lipinski definition) is 3. The summed E-state index contributed by atoms with van der Waals surface area (Å²) >= 11 is 5.00. The molecule has 0 aliphatic carbocycles. The lowest BCUT2D eigenvalue weighted by Gasteiger charge is -2.00. The van der Waals surface area contributed by atoms with E-state index in [2.05, 4.69) is 16.9 Å². The van der Waals surface area contributed by atoms with E-state index < -0.39 is 0 Å². The molecule has 0 fully saturated rings. The summed E-state index contributed by atoms with van der Waals surface area (Å²) < 4.78 is 0. The van der Waals surface area contributed by atoms with E-state index in [4.69, 9.17) is 12.2 Å². The molecule has 0 aromatic rings. The van der Waals surface area contributed by atoms with Gasteiger partial charge in [-0.2, -0.15) is 0 Å². The highest BCUT2D eigenvalue weighted by Crippen LogP contribution is 1.95. The zero-order valence-corrected chi connectivity index (χ0v) is 9.23. The number of Topliss-reactive ketones (excluding diaryl/α,β-unsaturated/α-hetero) is 1. The summed E-state index contributed by atoms with van der Waals surface area (Å²) in [6.45, 7) is 5.31. The number of nitrogens with zero attached hydrogens (tertiary/aromatic N) is 1. The zero-order chi connectivity index (χ0) is 11.0. The molecule has 0 spiro atoms. The van der Waals surface area contributed by atoms with Crippen molar-refractivity contribution >= 4 is 29.2 Å². The number of hydrogen-bond donors (Lipinski definition) is 1. The number of rotatable bonds is 5. The highest BCUT2D eigenvalue weighted by atomic mass is 32.1. The first-order chi connectivity index (χ1) is 6.61. The van der Waals surface area contributed by atoms with Crippen LogP contribution in [-0.2, 0) is 4.79 Å². The maximum Gasteiger partial charge on any atom is 0.151 e. The van der Waals surface area contributed by atoms with Crippen LogP contribution in [0.15, 0.2) is 29.3 Å². The smallest absolute Gasteiger partial charge is 0.151 e. The summed E-state index contributed by atoms with van der Waals surface area (Å²) in [5.41, 5.74) is 0.787. The number of carbonyl (C=O) groups excluding carboxylic acids is 1. The Kier molecular flexibility index (Phi) is 6.49. The number of carbonyl (C=O) groups is 1. The first kappa shape index (κ1) is 12.7. The van der Waals surface area contributed by atoms with Gasteiger partial charge in [0.25, 0.3) is 0 Å². The van der Waals surface area contributed by atoms with Gasteiger partial charge < -0.3 is 5.32 Å². The first-order valence-corrected chi connectivity index (χ1v) is 4.56. The van der Waals surface area contributed by atoms with Crippen molar-refractivity contribution < 1.29 is 4.79 Å². The molecule has 0 radical (unpaired) electrons. The van der Waals surface area contributed by atoms with E-state index >= 15 is 0 Å². The van der Waals surface area contributed by atoms with Crippen LogP contribution < -0.4 is 5.32 Å². The minimum absolute atomic E-state index is 0.0333. The average molecular weight is 210 g/mol. The van der Waals surface area contributed by atoms with E-state index in [-0.39, 0.29) is 12.3 Å². The van der Waals surface area contributed by atoms with Gasteiger partial charge in [-0.3, -0.25) is 9.79 Å². The Balaban J connectivity index is 4.32. The third-order valence-electron chi connectivity index (χ3n) is 1.38. The normalized spacial score (nSPS) is 11.4. The molecule has 0 aliphatic heterocycles. The van der Waals surface area contributed by atoms with Crippen molar-refractivity contribution in [2.24, 2.45) is 4.99 Å². The lowest BCUT2D eigenvalue weighted by molar-refractivity contribution is -0.115. The van der Waals surface area contributed by atoms with Crippen LogP contribution in [-0.4, -0.2) is 30.6 Å². The number of nitrogens with one attached hydrogen (secondary N) is 1. The minimum Gasteiger partial charge on any atom is -0.379 e. The molecule has 0 aromatic carbocycles. The molecule has 0 rings (SSSR count). The van der Waals surface area contributed by atoms with Crippen molar-refractivity contribution in [3.8, 4) is 0 Å². The second-order valence-electron chi connectivity index (χ2n) is 2.60. The summed E-state index contributed by atoms with van der Waals surface area (Å²) in [4.78, 5) is 15.1. The number of allylic oxidation sites excluding steroid dienone is 1. The third-order valence-corrected chi connectivity index (χ3v) is 1.82. The topological polar surface area (TPSA) is 41.5 Å². The van der Waals surface area contributed by atoms with Gasteiger partial charge in [0.1, 0.15) is 4.99 Å². The van der Waals surface area contributed by atoms with Gasteiger partial charge >= 0.3 is 0 Å². The second-order valence-corrected chi connectivity index (χ2v) is 3.01. The maximum atomic E-state index is 10.6. The molecule has 1 N–H and O–H groups in total. The summed E-state index contributed by atoms with van der Waals surface area (Å²) in [6.07, 6.45) is 4.91. The Morgan fingerprint density at radius 1 is 1.64 bits per heavy atom. The lowest BCUT2D eigenvalue weighted by Crippen LogP contribution is -2.16. The molecular weight excluding hydrogens is 196 g/mol. The summed E-state index contributed by atoms with van der Waals surface area (Å²) in [5, 5.41) is 2.83. The van der Waals surface area contributed by atoms with E-state index in [1.165, 1.54) is 6.92 Å². The van der Waals surface area contributed by atoms with Crippen molar-refractivity contribution in [3.63, 3.8) is 0 Å². The predicted molar refractivity (Wildman–Crippen MR) is 64.0 cm³/mol. The van der Waals surface area contributed by atoms with E-state index in [9.17, 15) is 4.79 Å². The monoisotopic (exact) mass is 210 g/mol. The van der Waals surface area contributed by atoms with Crippen molar-refractivity contribution in [2.45, 2.75) is 6.92 Å². The van der Waals surface area contributed by atoms with E-state index in [0.717, 1.165) is 5.57 Å². The standard InChI is InChI=1S/C10H14N2OS/c1-4-9(10(14)11-3)5-6-12-7-8(2)13/h4-6H,1,7H2,2-3H3,(H,11,14)/b9-5+,12-6?. The van der Waals surface area contributed by atoms with Gasteiger partial charge in [-0.25, -0.2) is 0 Å². The van der Waals surface area contributed by atoms with Crippen LogP contribution in [0.3, 0.4) is 0 Å². The largest absolute Gasteiger partial charge is 0.379 e. The number of likely N-dealkylation sites (N-methyl/N-ethyl adjacent to an activating group) is 1. The molecular formula is C10H14N2OS. The fourth-order valence-electron chi connectivity index (χ4n) is 0.695. The molecule has 0 amide bonds. The van der Waals surface area contributed by atoms with Gasteiger partial charge in [0.2, 0.25) is 0 Å². The van der Waals surface area contributed by atoms with Crippen molar-refractivity contribution in [1.29, 1.82) is 0 Å². The Morgan fingerprint density at radius 2 is 2.29 bits per heavy atom. The minimum atomic E-state index is 0.0333. The summed E-state index contributed by atoms with van der Waals surface area (Å²) in [7, 11) is 1.74. The second kappa shape index (κ2) is 7.15. The van der Waals surface area contributed by atoms with Gasteiger partial charge in [0.15, 0.2) is 5.78 Å². The molecule has 0 unspecified atom stereocenters. The van der Waals surface area contributed by atoms with Gasteiger partial charge in [-0.1, -0.05) is 24.9 Å². The molecule has 0 bridgehead atoms. The van der Waals surface area contributed by atoms with Gasteiger partial charge in [0, 0.05) is 18.8 Å². The molecule has 4 heteroatoms. The average Bonchev–Trinajstić information content (AvgIpc) is 2.16. The number of thiocarbonyl (C=S) groups is 1. The van der Waals surface area contributed by atoms with Crippen LogP contribution in [0.4, 0.5) is 0 Å². The van der Waals surface area contributed by atoms with Crippen LogP contribution in [0.5, 0.6) is 0 Å². The van der Waals surface area contributed by atoms with Crippen molar-refractivity contribution in [1.82, 2.24) is 5.32 Å². The molecule has 0 saturated heterocycles. The fourth-order valence-corrected chi connectivity index (χ4v) is 0.846. The maximum absolute atomic E-state index is 10.6. The van der Waals surface area contributed by atoms with Gasteiger partial charge in [-0.05, 0) is 13.0 Å². The van der Waals surface area contributed by atoms with Crippen LogP contribution in [0.1, 0.15) is 6.92 Å². The van der Waals surface area contributed by atoms with E-state index in [1.807, 2.05) is 0 Å².